The average molecular weight is 435 g/mol. The fraction of sp³-hybridized carbons (Fsp3) is 0.348. The van der Waals surface area contributed by atoms with Crippen molar-refractivity contribution in [2.75, 3.05) is 38.8 Å². The summed E-state index contributed by atoms with van der Waals surface area (Å²) in [6.45, 7) is 5.88. The molecule has 1 aliphatic rings. The number of morpholine rings is 1. The van der Waals surface area contributed by atoms with E-state index in [1.54, 1.807) is 44.6 Å². The number of hydrogen-bond donors (Lipinski definition) is 0. The number of amides is 1. The van der Waals surface area contributed by atoms with Crippen LogP contribution in [0.2, 0.25) is 0 Å². The summed E-state index contributed by atoms with van der Waals surface area (Å²) in [4.78, 5) is 33.9. The van der Waals surface area contributed by atoms with Crippen LogP contribution in [0.1, 0.15) is 23.0 Å². The van der Waals surface area contributed by atoms with Gasteiger partial charge in [-0.3, -0.25) is 9.78 Å². The summed E-state index contributed by atoms with van der Waals surface area (Å²) < 4.78 is 11.5. The average Bonchev–Trinajstić information content (AvgIpc) is 2.79. The minimum Gasteiger partial charge on any atom is -0.424 e. The fourth-order valence-corrected chi connectivity index (χ4v) is 3.30. The Labute approximate surface area is 187 Å². The fourth-order valence-electron chi connectivity index (χ4n) is 3.30. The van der Waals surface area contributed by atoms with Gasteiger partial charge in [0.25, 0.3) is 5.91 Å². The predicted molar refractivity (Wildman–Crippen MR) is 120 cm³/mol. The second kappa shape index (κ2) is 9.27. The lowest BCUT2D eigenvalue weighted by molar-refractivity contribution is 0.0827. The van der Waals surface area contributed by atoms with Crippen LogP contribution in [-0.2, 0) is 4.74 Å². The number of pyridine rings is 1. The van der Waals surface area contributed by atoms with Gasteiger partial charge in [0.2, 0.25) is 5.95 Å². The summed E-state index contributed by atoms with van der Waals surface area (Å²) in [6, 6.07) is 11.0. The SMILES string of the molecule is Cc1ccc(-c2nc(Oc3ccc(C(=O)N(C)C)cc3)nc(N3CCOC[C@@H]3C)n2)cn1. The summed E-state index contributed by atoms with van der Waals surface area (Å²) in [5, 5.41) is 0. The van der Waals surface area contributed by atoms with Gasteiger partial charge < -0.3 is 19.3 Å². The van der Waals surface area contributed by atoms with Crippen LogP contribution in [0, 0.1) is 6.92 Å². The number of hydrogen-bond acceptors (Lipinski definition) is 8. The third kappa shape index (κ3) is 4.83. The Bertz CT molecular complexity index is 1090. The first-order chi connectivity index (χ1) is 15.4. The summed E-state index contributed by atoms with van der Waals surface area (Å²) in [5.74, 6) is 1.46. The molecule has 4 rings (SSSR count). The van der Waals surface area contributed by atoms with Crippen molar-refractivity contribution < 1.29 is 14.3 Å². The van der Waals surface area contributed by atoms with Gasteiger partial charge >= 0.3 is 6.01 Å². The smallest absolute Gasteiger partial charge is 0.327 e. The second-order valence-electron chi connectivity index (χ2n) is 7.87. The molecule has 2 aromatic heterocycles. The van der Waals surface area contributed by atoms with Crippen molar-refractivity contribution in [3.05, 3.63) is 53.9 Å². The molecule has 166 valence electrons. The molecule has 0 bridgehead atoms. The van der Waals surface area contributed by atoms with E-state index in [2.05, 4.69) is 31.8 Å². The molecule has 0 radical (unpaired) electrons. The number of carbonyl (C=O) groups is 1. The first kappa shape index (κ1) is 21.6. The van der Waals surface area contributed by atoms with Crippen molar-refractivity contribution in [3.8, 4) is 23.1 Å². The Morgan fingerprint density at radius 1 is 1.12 bits per heavy atom. The van der Waals surface area contributed by atoms with Gasteiger partial charge in [0, 0.05) is 43.7 Å². The van der Waals surface area contributed by atoms with Gasteiger partial charge in [-0.05, 0) is 50.2 Å². The maximum atomic E-state index is 12.1. The van der Waals surface area contributed by atoms with Crippen LogP contribution in [0.4, 0.5) is 5.95 Å². The van der Waals surface area contributed by atoms with Crippen molar-refractivity contribution in [1.29, 1.82) is 0 Å². The molecule has 0 aliphatic carbocycles. The summed E-state index contributed by atoms with van der Waals surface area (Å²) in [7, 11) is 3.43. The number of ether oxygens (including phenoxy) is 2. The number of aromatic nitrogens is 4. The van der Waals surface area contributed by atoms with E-state index in [0.717, 1.165) is 11.3 Å². The quantitative estimate of drug-likeness (QED) is 0.605. The lowest BCUT2D eigenvalue weighted by atomic mass is 10.2. The molecule has 32 heavy (non-hydrogen) atoms. The maximum absolute atomic E-state index is 12.1. The van der Waals surface area contributed by atoms with E-state index >= 15 is 0 Å². The standard InChI is InChI=1S/C23H26N6O3/c1-15-5-6-18(13-24-15)20-25-22(29-11-12-31-14-16(29)2)27-23(26-20)32-19-9-7-17(8-10-19)21(30)28(3)4/h5-10,13,16H,11-12,14H2,1-4H3/t16-/m0/s1. The van der Waals surface area contributed by atoms with E-state index in [0.29, 0.717) is 42.8 Å². The second-order valence-corrected chi connectivity index (χ2v) is 7.87. The van der Waals surface area contributed by atoms with Crippen LogP contribution in [0.25, 0.3) is 11.4 Å². The van der Waals surface area contributed by atoms with Crippen molar-refractivity contribution in [3.63, 3.8) is 0 Å². The lowest BCUT2D eigenvalue weighted by Crippen LogP contribution is -2.44. The molecule has 0 spiro atoms. The van der Waals surface area contributed by atoms with Crippen LogP contribution in [0.3, 0.4) is 0 Å². The summed E-state index contributed by atoms with van der Waals surface area (Å²) >= 11 is 0. The highest BCUT2D eigenvalue weighted by molar-refractivity contribution is 5.93. The molecule has 1 amide bonds. The monoisotopic (exact) mass is 434 g/mol. The molecule has 0 unspecified atom stereocenters. The largest absolute Gasteiger partial charge is 0.424 e. The highest BCUT2D eigenvalue weighted by atomic mass is 16.5. The van der Waals surface area contributed by atoms with Crippen LogP contribution >= 0.6 is 0 Å². The first-order valence-electron chi connectivity index (χ1n) is 10.4. The maximum Gasteiger partial charge on any atom is 0.327 e. The van der Waals surface area contributed by atoms with Crippen LogP contribution in [0.15, 0.2) is 42.6 Å². The van der Waals surface area contributed by atoms with Crippen molar-refractivity contribution >= 4 is 11.9 Å². The van der Waals surface area contributed by atoms with Gasteiger partial charge in [-0.1, -0.05) is 0 Å². The number of nitrogens with zero attached hydrogens (tertiary/aromatic N) is 6. The van der Waals surface area contributed by atoms with E-state index in [1.807, 2.05) is 19.1 Å². The molecule has 1 saturated heterocycles. The molecule has 1 aliphatic heterocycles. The van der Waals surface area contributed by atoms with E-state index in [9.17, 15) is 4.79 Å². The van der Waals surface area contributed by atoms with Crippen molar-refractivity contribution in [2.24, 2.45) is 0 Å². The van der Waals surface area contributed by atoms with Crippen LogP contribution in [0.5, 0.6) is 11.8 Å². The Morgan fingerprint density at radius 3 is 2.56 bits per heavy atom. The first-order valence-corrected chi connectivity index (χ1v) is 10.4. The molecule has 1 aromatic carbocycles. The van der Waals surface area contributed by atoms with E-state index < -0.39 is 0 Å². The molecule has 9 nitrogen and oxygen atoms in total. The molecule has 0 saturated carbocycles. The van der Waals surface area contributed by atoms with Crippen LogP contribution < -0.4 is 9.64 Å². The number of carbonyl (C=O) groups excluding carboxylic acids is 1. The van der Waals surface area contributed by atoms with Gasteiger partial charge in [0.15, 0.2) is 5.82 Å². The number of benzene rings is 1. The highest BCUT2D eigenvalue weighted by Crippen LogP contribution is 2.26. The molecule has 9 heteroatoms. The zero-order valence-corrected chi connectivity index (χ0v) is 18.6. The Balaban J connectivity index is 1.67. The predicted octanol–water partition coefficient (Wildman–Crippen LogP) is 2.96. The van der Waals surface area contributed by atoms with E-state index in [4.69, 9.17) is 9.47 Å². The highest BCUT2D eigenvalue weighted by Gasteiger charge is 2.23. The third-order valence-corrected chi connectivity index (χ3v) is 5.11. The topological polar surface area (TPSA) is 93.6 Å². The molecular weight excluding hydrogens is 408 g/mol. The molecular formula is C23H26N6O3. The Kier molecular flexibility index (Phi) is 6.27. The number of aryl methyl sites for hydroxylation is 1. The minimum absolute atomic E-state index is 0.0746. The zero-order chi connectivity index (χ0) is 22.7. The van der Waals surface area contributed by atoms with E-state index in [-0.39, 0.29) is 18.0 Å². The van der Waals surface area contributed by atoms with Gasteiger partial charge in [-0.25, -0.2) is 0 Å². The Morgan fingerprint density at radius 2 is 1.91 bits per heavy atom. The zero-order valence-electron chi connectivity index (χ0n) is 18.6. The summed E-state index contributed by atoms with van der Waals surface area (Å²) in [5.41, 5.74) is 2.26. The molecule has 3 heterocycles. The molecule has 0 N–H and O–H groups in total. The van der Waals surface area contributed by atoms with Gasteiger partial charge in [-0.15, -0.1) is 0 Å². The Hall–Kier alpha value is -3.59. The summed E-state index contributed by atoms with van der Waals surface area (Å²) in [6.07, 6.45) is 1.74. The number of rotatable bonds is 5. The van der Waals surface area contributed by atoms with Gasteiger partial charge in [0.1, 0.15) is 5.75 Å². The number of anilines is 1. The van der Waals surface area contributed by atoms with E-state index in [1.165, 1.54) is 4.90 Å². The van der Waals surface area contributed by atoms with Gasteiger partial charge in [0.05, 0.1) is 19.3 Å². The molecule has 1 atom stereocenters. The molecule has 1 fully saturated rings. The van der Waals surface area contributed by atoms with Gasteiger partial charge in [-0.2, -0.15) is 15.0 Å². The van der Waals surface area contributed by atoms with Crippen LogP contribution in [-0.4, -0.2) is 70.6 Å². The lowest BCUT2D eigenvalue weighted by Gasteiger charge is -2.33. The third-order valence-electron chi connectivity index (χ3n) is 5.11. The normalized spacial score (nSPS) is 16.0. The minimum atomic E-state index is -0.0746. The molecule has 3 aromatic rings. The van der Waals surface area contributed by atoms with Crippen molar-refractivity contribution in [1.82, 2.24) is 24.8 Å². The van der Waals surface area contributed by atoms with Crippen molar-refractivity contribution in [2.45, 2.75) is 19.9 Å².